The van der Waals surface area contributed by atoms with Gasteiger partial charge in [0.05, 0.1) is 0 Å². The molecule has 0 rings (SSSR count). The molecule has 0 aliphatic carbocycles. The van der Waals surface area contributed by atoms with Gasteiger partial charge >= 0.3 is 52.9 Å². The molecule has 0 aromatic carbocycles. The summed E-state index contributed by atoms with van der Waals surface area (Å²) in [6.07, 6.45) is 0. The van der Waals surface area contributed by atoms with Crippen molar-refractivity contribution in [2.45, 2.75) is 0 Å². The van der Waals surface area contributed by atoms with Crippen molar-refractivity contribution in [2.75, 3.05) is 0 Å². The molecule has 0 aromatic heterocycles. The minimum atomic E-state index is -4.92. The molecule has 49 valence electrons. The van der Waals surface area contributed by atoms with E-state index in [1.165, 1.54) is 15.2 Å². The van der Waals surface area contributed by atoms with E-state index in [4.69, 9.17) is 4.55 Å². The van der Waals surface area contributed by atoms with E-state index < -0.39 is 16.4 Å². The summed E-state index contributed by atoms with van der Waals surface area (Å²) >= 11 is 1.29. The van der Waals surface area contributed by atoms with E-state index in [1.807, 2.05) is 0 Å². The first-order valence-corrected chi connectivity index (χ1v) is 6.11. The molecular formula is HCrO5S2. The molecular weight excluding hydrogens is 196 g/mol. The zero-order chi connectivity index (χ0) is 7.00. The Morgan fingerprint density at radius 3 is 1.25 bits per heavy atom. The quantitative estimate of drug-likeness (QED) is 0.415. The fraction of sp³-hybridized carbons (Fsp3) is 0. The standard InChI is InChI=1S/Cr.HO5S2/c;1-6(2)7(3,4)5/h;(H,3,4,5). The summed E-state index contributed by atoms with van der Waals surface area (Å²) in [5.74, 6) is 0. The van der Waals surface area contributed by atoms with Crippen LogP contribution in [0.5, 0.6) is 0 Å². The maximum absolute atomic E-state index is 9.76. The molecule has 8 heavy (non-hydrogen) atoms. The zero-order valence-electron chi connectivity index (χ0n) is 3.30. The molecule has 0 heterocycles. The summed E-state index contributed by atoms with van der Waals surface area (Å²) in [7, 11) is -9.36. The molecule has 0 spiro atoms. The molecule has 5 nitrogen and oxygen atoms in total. The van der Waals surface area contributed by atoms with Crippen LogP contribution in [0, 0.1) is 0 Å². The molecule has 0 saturated heterocycles. The van der Waals surface area contributed by atoms with Crippen LogP contribution in [0.1, 0.15) is 0 Å². The first-order chi connectivity index (χ1) is 3.25. The molecule has 0 aliphatic heterocycles. The predicted molar refractivity (Wildman–Crippen MR) is 20.5 cm³/mol. The van der Waals surface area contributed by atoms with Gasteiger partial charge in [0.15, 0.2) is 0 Å². The van der Waals surface area contributed by atoms with Gasteiger partial charge in [-0.2, -0.15) is 0 Å². The van der Waals surface area contributed by atoms with Crippen molar-refractivity contribution in [3.63, 3.8) is 0 Å². The van der Waals surface area contributed by atoms with Crippen molar-refractivity contribution in [3.8, 4) is 0 Å². The van der Waals surface area contributed by atoms with E-state index in [9.17, 15) is 16.8 Å². The fourth-order valence-corrected chi connectivity index (χ4v) is 0. The molecule has 8 heteroatoms. The zero-order valence-corrected chi connectivity index (χ0v) is 6.21. The van der Waals surface area contributed by atoms with Crippen LogP contribution in [-0.2, 0) is 31.5 Å². The molecule has 0 amide bonds. The van der Waals surface area contributed by atoms with Gasteiger partial charge in [0, 0.05) is 0 Å². The average Bonchev–Trinajstić information content (AvgIpc) is 1.25. The van der Waals surface area contributed by atoms with Gasteiger partial charge in [0.2, 0.25) is 0 Å². The van der Waals surface area contributed by atoms with Crippen LogP contribution in [0.15, 0.2) is 0 Å². The van der Waals surface area contributed by atoms with Gasteiger partial charge in [-0.3, -0.25) is 0 Å². The van der Waals surface area contributed by atoms with Gasteiger partial charge in [0.25, 0.3) is 0 Å². The Morgan fingerprint density at radius 2 is 1.25 bits per heavy atom. The van der Waals surface area contributed by atoms with Crippen molar-refractivity contribution in [3.05, 3.63) is 0 Å². The van der Waals surface area contributed by atoms with E-state index in [2.05, 4.69) is 0 Å². The van der Waals surface area contributed by atoms with Crippen molar-refractivity contribution >= 4 is 16.4 Å². The number of hydrogen-bond acceptors (Lipinski definition) is 4. The van der Waals surface area contributed by atoms with Gasteiger partial charge in [-0.15, -0.1) is 0 Å². The van der Waals surface area contributed by atoms with E-state index in [0.717, 1.165) is 0 Å². The van der Waals surface area contributed by atoms with Gasteiger partial charge < -0.3 is 0 Å². The van der Waals surface area contributed by atoms with Crippen LogP contribution in [0.3, 0.4) is 0 Å². The van der Waals surface area contributed by atoms with Crippen LogP contribution in [0.4, 0.5) is 0 Å². The van der Waals surface area contributed by atoms with Gasteiger partial charge in [0.1, 0.15) is 0 Å². The third-order valence-electron chi connectivity index (χ3n) is 0.258. The molecule has 0 atom stereocenters. The van der Waals surface area contributed by atoms with Gasteiger partial charge in [-0.25, -0.2) is 0 Å². The third-order valence-corrected chi connectivity index (χ3v) is 4.74. The Kier molecular flexibility index (Phi) is 2.06. The summed E-state index contributed by atoms with van der Waals surface area (Å²) in [6, 6.07) is 0. The molecule has 0 aromatic rings. The average molecular weight is 197 g/mol. The fourth-order valence-electron chi connectivity index (χ4n) is 0. The van der Waals surface area contributed by atoms with Crippen LogP contribution in [0.2, 0.25) is 0 Å². The Morgan fingerprint density at radius 1 is 1.12 bits per heavy atom. The SMILES string of the molecule is O=S(=O)(O)[S](=O)(=O)[Cr]. The molecule has 0 bridgehead atoms. The summed E-state index contributed by atoms with van der Waals surface area (Å²) in [4.78, 5) is 0. The normalized spacial score (nSPS) is 13.6. The van der Waals surface area contributed by atoms with Gasteiger partial charge in [-0.1, -0.05) is 0 Å². The topological polar surface area (TPSA) is 88.5 Å². The summed E-state index contributed by atoms with van der Waals surface area (Å²) in [5.41, 5.74) is 0. The summed E-state index contributed by atoms with van der Waals surface area (Å²) in [6.45, 7) is 0. The van der Waals surface area contributed by atoms with Crippen molar-refractivity contribution < 1.29 is 36.5 Å². The second-order valence-electron chi connectivity index (χ2n) is 0.836. The number of hydrogen-bond donors (Lipinski definition) is 1. The Bertz CT molecular complexity index is 223. The molecule has 0 radical (unpaired) electrons. The van der Waals surface area contributed by atoms with Crippen LogP contribution >= 0.6 is 0 Å². The number of rotatable bonds is 1. The minimum absolute atomic E-state index is 1.29. The van der Waals surface area contributed by atoms with Crippen molar-refractivity contribution in [1.82, 2.24) is 0 Å². The Labute approximate surface area is 53.2 Å². The predicted octanol–water partition coefficient (Wildman–Crippen LogP) is -1.33. The van der Waals surface area contributed by atoms with E-state index in [-0.39, 0.29) is 0 Å². The first-order valence-electron chi connectivity index (χ1n) is 1.18. The van der Waals surface area contributed by atoms with Gasteiger partial charge in [-0.05, 0) is 0 Å². The van der Waals surface area contributed by atoms with E-state index in [1.54, 1.807) is 0 Å². The molecule has 1 N–H and O–H groups in total. The maximum atomic E-state index is 9.76. The summed E-state index contributed by atoms with van der Waals surface area (Å²) < 4.78 is 46.4. The van der Waals surface area contributed by atoms with E-state index >= 15 is 0 Å². The summed E-state index contributed by atoms with van der Waals surface area (Å²) in [5, 5.41) is 0. The van der Waals surface area contributed by atoms with Crippen molar-refractivity contribution in [1.29, 1.82) is 0 Å². The molecule has 0 aliphatic rings. The second kappa shape index (κ2) is 1.97. The van der Waals surface area contributed by atoms with Crippen LogP contribution in [-0.4, -0.2) is 21.4 Å². The first kappa shape index (κ1) is 8.39. The molecule has 0 saturated carbocycles. The van der Waals surface area contributed by atoms with Crippen LogP contribution in [0.25, 0.3) is 0 Å². The monoisotopic (exact) mass is 197 g/mol. The van der Waals surface area contributed by atoms with E-state index in [0.29, 0.717) is 0 Å². The Hall–Kier alpha value is 0.392. The van der Waals surface area contributed by atoms with Crippen LogP contribution < -0.4 is 0 Å². The second-order valence-corrected chi connectivity index (χ2v) is 8.18. The van der Waals surface area contributed by atoms with Crippen molar-refractivity contribution in [2.24, 2.45) is 0 Å². The molecule has 0 unspecified atom stereocenters. The molecule has 0 fully saturated rings. The third kappa shape index (κ3) is 2.11. The Balaban J connectivity index is 5.18.